The van der Waals surface area contributed by atoms with Gasteiger partial charge in [0.25, 0.3) is 5.91 Å². The Labute approximate surface area is 219 Å². The highest BCUT2D eigenvalue weighted by atomic mass is 79.9. The summed E-state index contributed by atoms with van der Waals surface area (Å²) in [6, 6.07) is 20.8. The van der Waals surface area contributed by atoms with Gasteiger partial charge in [0.2, 0.25) is 10.0 Å². The Morgan fingerprint density at radius 3 is 2.40 bits per heavy atom. The van der Waals surface area contributed by atoms with Crippen LogP contribution in [0.5, 0.6) is 5.75 Å². The number of anilines is 1. The molecular formula is C25H26BrN3O4S2. The number of nitrogens with one attached hydrogen (secondary N) is 3. The van der Waals surface area contributed by atoms with Gasteiger partial charge in [0.05, 0.1) is 16.0 Å². The number of halogens is 1. The Hall–Kier alpha value is -2.79. The van der Waals surface area contributed by atoms with Crippen molar-refractivity contribution in [2.24, 2.45) is 0 Å². The van der Waals surface area contributed by atoms with E-state index in [1.807, 2.05) is 37.3 Å². The molecule has 0 radical (unpaired) electrons. The minimum absolute atomic E-state index is 0.0917. The summed E-state index contributed by atoms with van der Waals surface area (Å²) in [4.78, 5) is 12.7. The molecule has 0 aliphatic rings. The zero-order valence-electron chi connectivity index (χ0n) is 19.1. The molecule has 10 heteroatoms. The fourth-order valence-electron chi connectivity index (χ4n) is 3.08. The van der Waals surface area contributed by atoms with Crippen LogP contribution < -0.4 is 20.1 Å². The van der Waals surface area contributed by atoms with Crippen molar-refractivity contribution in [3.05, 3.63) is 88.4 Å². The summed E-state index contributed by atoms with van der Waals surface area (Å²) in [7, 11) is -3.64. The number of sulfonamides is 1. The van der Waals surface area contributed by atoms with Gasteiger partial charge in [-0.2, -0.15) is 0 Å². The second-order valence-corrected chi connectivity index (χ2v) is 10.6. The number of thiocarbonyl (C=S) groups is 1. The molecule has 35 heavy (non-hydrogen) atoms. The lowest BCUT2D eigenvalue weighted by molar-refractivity contribution is 0.0977. The van der Waals surface area contributed by atoms with Crippen LogP contribution in [0.25, 0.3) is 0 Å². The lowest BCUT2D eigenvalue weighted by atomic mass is 10.2. The Kier molecular flexibility index (Phi) is 9.79. The average molecular weight is 577 g/mol. The number of hydrogen-bond donors (Lipinski definition) is 3. The molecule has 0 saturated carbocycles. The van der Waals surface area contributed by atoms with Gasteiger partial charge in [-0.3, -0.25) is 10.1 Å². The molecule has 0 aliphatic heterocycles. The summed E-state index contributed by atoms with van der Waals surface area (Å²) in [5.41, 5.74) is 2.01. The fourth-order valence-corrected chi connectivity index (χ4v) is 4.82. The molecule has 184 valence electrons. The molecule has 0 saturated heterocycles. The van der Waals surface area contributed by atoms with Gasteiger partial charge < -0.3 is 10.1 Å². The monoisotopic (exact) mass is 575 g/mol. The minimum atomic E-state index is -3.64. The van der Waals surface area contributed by atoms with Crippen molar-refractivity contribution in [3.63, 3.8) is 0 Å². The zero-order chi connectivity index (χ0) is 25.3. The van der Waals surface area contributed by atoms with Crippen LogP contribution in [-0.4, -0.2) is 32.6 Å². The predicted octanol–water partition coefficient (Wildman–Crippen LogP) is 4.89. The third kappa shape index (κ3) is 8.14. The molecule has 0 aliphatic carbocycles. The zero-order valence-corrected chi connectivity index (χ0v) is 22.3. The van der Waals surface area contributed by atoms with E-state index in [2.05, 4.69) is 31.3 Å². The van der Waals surface area contributed by atoms with E-state index in [0.717, 1.165) is 12.0 Å². The maximum absolute atomic E-state index is 12.5. The van der Waals surface area contributed by atoms with Crippen molar-refractivity contribution in [2.75, 3.05) is 18.5 Å². The Bertz CT molecular complexity index is 1270. The van der Waals surface area contributed by atoms with Gasteiger partial charge in [0.15, 0.2) is 5.11 Å². The van der Waals surface area contributed by atoms with Crippen molar-refractivity contribution in [2.45, 2.75) is 24.7 Å². The van der Waals surface area contributed by atoms with Crippen LogP contribution in [-0.2, 0) is 16.4 Å². The van der Waals surface area contributed by atoms with Crippen molar-refractivity contribution in [3.8, 4) is 5.75 Å². The second-order valence-electron chi connectivity index (χ2n) is 7.56. The van der Waals surface area contributed by atoms with E-state index in [1.165, 1.54) is 12.1 Å². The number of rotatable bonds is 10. The summed E-state index contributed by atoms with van der Waals surface area (Å²) in [5.74, 6) is 0.278. The largest absolute Gasteiger partial charge is 0.492 e. The number of carbonyl (C=O) groups is 1. The Morgan fingerprint density at radius 1 is 1.03 bits per heavy atom. The van der Waals surface area contributed by atoms with E-state index in [9.17, 15) is 13.2 Å². The van der Waals surface area contributed by atoms with Crippen LogP contribution >= 0.6 is 28.1 Å². The van der Waals surface area contributed by atoms with Crippen LogP contribution in [0.1, 0.15) is 29.3 Å². The molecule has 3 aromatic carbocycles. The summed E-state index contributed by atoms with van der Waals surface area (Å²) in [5, 5.41) is 5.59. The molecule has 3 aromatic rings. The number of ether oxygens (including phenoxy) is 1. The standard InChI is InChI=1S/C25H26BrN3O4S2/c1-2-16-33-23-13-8-19(17-22(23)26)24(30)29-25(34)28-20-9-11-21(12-10-20)35(31,32)27-15-14-18-6-4-3-5-7-18/h3-13,17,27H,2,14-16H2,1H3,(H2,28,29,30,34). The van der Waals surface area contributed by atoms with E-state index in [0.29, 0.717) is 41.0 Å². The molecule has 0 fully saturated rings. The van der Waals surface area contributed by atoms with E-state index in [1.54, 1.807) is 30.3 Å². The van der Waals surface area contributed by atoms with Crippen molar-refractivity contribution < 1.29 is 17.9 Å². The SMILES string of the molecule is CCCOc1ccc(C(=O)NC(=S)Nc2ccc(S(=O)(=O)NCCc3ccccc3)cc2)cc1Br. The fraction of sp³-hybridized carbons (Fsp3) is 0.200. The van der Waals surface area contributed by atoms with Crippen LogP contribution in [0.3, 0.4) is 0 Å². The maximum Gasteiger partial charge on any atom is 0.257 e. The predicted molar refractivity (Wildman–Crippen MR) is 145 cm³/mol. The van der Waals surface area contributed by atoms with Gasteiger partial charge in [0.1, 0.15) is 5.75 Å². The third-order valence-electron chi connectivity index (χ3n) is 4.85. The topological polar surface area (TPSA) is 96.5 Å². The highest BCUT2D eigenvalue weighted by Crippen LogP contribution is 2.26. The van der Waals surface area contributed by atoms with Crippen LogP contribution in [0.15, 0.2) is 82.2 Å². The average Bonchev–Trinajstić information content (AvgIpc) is 2.84. The Morgan fingerprint density at radius 2 is 1.74 bits per heavy atom. The Balaban J connectivity index is 1.52. The summed E-state index contributed by atoms with van der Waals surface area (Å²) >= 11 is 8.64. The molecule has 0 spiro atoms. The highest BCUT2D eigenvalue weighted by Gasteiger charge is 2.14. The van der Waals surface area contributed by atoms with E-state index in [4.69, 9.17) is 17.0 Å². The molecule has 0 atom stereocenters. The molecular weight excluding hydrogens is 550 g/mol. The van der Waals surface area contributed by atoms with Crippen molar-refractivity contribution in [1.82, 2.24) is 10.0 Å². The van der Waals surface area contributed by atoms with Crippen LogP contribution in [0.2, 0.25) is 0 Å². The number of hydrogen-bond acceptors (Lipinski definition) is 5. The first-order valence-electron chi connectivity index (χ1n) is 11.0. The van der Waals surface area contributed by atoms with Gasteiger partial charge in [-0.05, 0) is 89.0 Å². The molecule has 0 unspecified atom stereocenters. The molecule has 0 aromatic heterocycles. The van der Waals surface area contributed by atoms with E-state index < -0.39 is 10.0 Å². The van der Waals surface area contributed by atoms with Gasteiger partial charge in [-0.15, -0.1) is 0 Å². The summed E-state index contributed by atoms with van der Waals surface area (Å²) in [6.45, 7) is 2.90. The molecule has 3 N–H and O–H groups in total. The lowest BCUT2D eigenvalue weighted by Gasteiger charge is -2.12. The maximum atomic E-state index is 12.5. The highest BCUT2D eigenvalue weighted by molar-refractivity contribution is 9.10. The summed E-state index contributed by atoms with van der Waals surface area (Å²) < 4.78 is 34.0. The number of benzene rings is 3. The smallest absolute Gasteiger partial charge is 0.257 e. The number of amides is 1. The first-order valence-corrected chi connectivity index (χ1v) is 13.7. The minimum Gasteiger partial charge on any atom is -0.492 e. The van der Waals surface area contributed by atoms with E-state index >= 15 is 0 Å². The first-order chi connectivity index (χ1) is 16.8. The van der Waals surface area contributed by atoms with Crippen molar-refractivity contribution >= 4 is 54.9 Å². The van der Waals surface area contributed by atoms with Crippen molar-refractivity contribution in [1.29, 1.82) is 0 Å². The molecule has 7 nitrogen and oxygen atoms in total. The molecule has 0 bridgehead atoms. The van der Waals surface area contributed by atoms with Gasteiger partial charge >= 0.3 is 0 Å². The lowest BCUT2D eigenvalue weighted by Crippen LogP contribution is -2.34. The van der Waals surface area contributed by atoms with Gasteiger partial charge in [-0.25, -0.2) is 13.1 Å². The molecule has 3 rings (SSSR count). The third-order valence-corrected chi connectivity index (χ3v) is 7.15. The number of carbonyl (C=O) groups excluding carboxylic acids is 1. The van der Waals surface area contributed by atoms with Crippen LogP contribution in [0.4, 0.5) is 5.69 Å². The summed E-state index contributed by atoms with van der Waals surface area (Å²) in [6.07, 6.45) is 1.48. The van der Waals surface area contributed by atoms with Crippen LogP contribution in [0, 0.1) is 0 Å². The quantitative estimate of drug-likeness (QED) is 0.298. The normalized spacial score (nSPS) is 11.0. The first kappa shape index (κ1) is 26.8. The molecule has 0 heterocycles. The van der Waals surface area contributed by atoms with E-state index in [-0.39, 0.29) is 15.9 Å². The molecule has 1 amide bonds. The van der Waals surface area contributed by atoms with Gasteiger partial charge in [-0.1, -0.05) is 37.3 Å². The second kappa shape index (κ2) is 12.8. The van der Waals surface area contributed by atoms with Gasteiger partial charge in [0, 0.05) is 17.8 Å².